The highest BCUT2D eigenvalue weighted by molar-refractivity contribution is 6.30. The van der Waals surface area contributed by atoms with Crippen LogP contribution in [0.5, 0.6) is 0 Å². The van der Waals surface area contributed by atoms with Crippen molar-refractivity contribution in [3.63, 3.8) is 0 Å². The predicted octanol–water partition coefficient (Wildman–Crippen LogP) is 2.57. The van der Waals surface area contributed by atoms with Crippen molar-refractivity contribution >= 4 is 17.2 Å². The first-order valence-corrected chi connectivity index (χ1v) is 5.15. The van der Waals surface area contributed by atoms with Crippen molar-refractivity contribution in [2.45, 2.75) is 25.7 Å². The van der Waals surface area contributed by atoms with Crippen LogP contribution in [0.25, 0.3) is 5.65 Å². The maximum absolute atomic E-state index is 6.20. The van der Waals surface area contributed by atoms with Crippen molar-refractivity contribution < 1.29 is 0 Å². The molecule has 14 heavy (non-hydrogen) atoms. The standard InChI is InChI=1S/C10H10ClN3/c1-6-9(7-2-3-7)13-8-4-5-12-14(8)10(6)11/h4-5,7H,2-3H2,1H3. The Morgan fingerprint density at radius 2 is 2.29 bits per heavy atom. The molecule has 0 bridgehead atoms. The number of halogens is 1. The van der Waals surface area contributed by atoms with Gasteiger partial charge in [-0.15, -0.1) is 0 Å². The zero-order valence-corrected chi connectivity index (χ0v) is 8.62. The maximum Gasteiger partial charge on any atom is 0.156 e. The van der Waals surface area contributed by atoms with Gasteiger partial charge in [-0.25, -0.2) is 9.50 Å². The fourth-order valence-electron chi connectivity index (χ4n) is 1.76. The zero-order chi connectivity index (χ0) is 9.71. The van der Waals surface area contributed by atoms with Gasteiger partial charge in [0.15, 0.2) is 5.65 Å². The molecule has 0 unspecified atom stereocenters. The van der Waals surface area contributed by atoms with Crippen LogP contribution in [-0.2, 0) is 0 Å². The van der Waals surface area contributed by atoms with E-state index in [4.69, 9.17) is 11.6 Å². The van der Waals surface area contributed by atoms with Gasteiger partial charge in [0, 0.05) is 17.5 Å². The van der Waals surface area contributed by atoms with Gasteiger partial charge in [-0.2, -0.15) is 5.10 Å². The number of nitrogens with zero attached hydrogens (tertiary/aromatic N) is 3. The molecule has 1 aliphatic carbocycles. The average molecular weight is 208 g/mol. The van der Waals surface area contributed by atoms with Crippen LogP contribution in [-0.4, -0.2) is 14.6 Å². The molecule has 0 N–H and O–H groups in total. The average Bonchev–Trinajstić information content (AvgIpc) is 2.91. The Morgan fingerprint density at radius 3 is 3.00 bits per heavy atom. The highest BCUT2D eigenvalue weighted by Gasteiger charge is 2.28. The summed E-state index contributed by atoms with van der Waals surface area (Å²) >= 11 is 6.20. The van der Waals surface area contributed by atoms with Crippen molar-refractivity contribution in [2.24, 2.45) is 0 Å². The lowest BCUT2D eigenvalue weighted by Gasteiger charge is -2.06. The molecule has 2 aromatic heterocycles. The molecule has 1 fully saturated rings. The number of fused-ring (bicyclic) bond motifs is 1. The zero-order valence-electron chi connectivity index (χ0n) is 7.87. The summed E-state index contributed by atoms with van der Waals surface area (Å²) < 4.78 is 1.68. The van der Waals surface area contributed by atoms with Crippen LogP contribution in [0, 0.1) is 6.92 Å². The summed E-state index contributed by atoms with van der Waals surface area (Å²) in [6.07, 6.45) is 4.22. The van der Waals surface area contributed by atoms with E-state index < -0.39 is 0 Å². The topological polar surface area (TPSA) is 30.2 Å². The molecule has 2 aromatic rings. The molecule has 2 heterocycles. The normalized spacial score (nSPS) is 16.4. The lowest BCUT2D eigenvalue weighted by atomic mass is 10.2. The van der Waals surface area contributed by atoms with E-state index in [1.54, 1.807) is 10.7 Å². The largest absolute Gasteiger partial charge is 0.233 e. The minimum absolute atomic E-state index is 0.632. The van der Waals surface area contributed by atoms with Gasteiger partial charge in [0.05, 0.1) is 11.9 Å². The molecule has 1 saturated carbocycles. The van der Waals surface area contributed by atoms with Gasteiger partial charge in [-0.3, -0.25) is 0 Å². The van der Waals surface area contributed by atoms with E-state index in [0.717, 1.165) is 16.9 Å². The molecule has 0 aromatic carbocycles. The van der Waals surface area contributed by atoms with Crippen molar-refractivity contribution in [3.8, 4) is 0 Å². The SMILES string of the molecule is Cc1c(C2CC2)nc2ccnn2c1Cl. The molecule has 72 valence electrons. The summed E-state index contributed by atoms with van der Waals surface area (Å²) in [5.41, 5.74) is 3.08. The molecule has 0 saturated heterocycles. The molecule has 0 atom stereocenters. The fraction of sp³-hybridized carbons (Fsp3) is 0.400. The second kappa shape index (κ2) is 2.70. The summed E-state index contributed by atoms with van der Waals surface area (Å²) in [5.74, 6) is 0.632. The summed E-state index contributed by atoms with van der Waals surface area (Å²) in [4.78, 5) is 4.57. The van der Waals surface area contributed by atoms with Gasteiger partial charge in [-0.1, -0.05) is 11.6 Å². The van der Waals surface area contributed by atoms with Gasteiger partial charge in [0.2, 0.25) is 0 Å². The molecule has 4 heteroatoms. The molecular weight excluding hydrogens is 198 g/mol. The Hall–Kier alpha value is -1.09. The predicted molar refractivity (Wildman–Crippen MR) is 54.7 cm³/mol. The van der Waals surface area contributed by atoms with E-state index >= 15 is 0 Å². The second-order valence-corrected chi connectivity index (χ2v) is 4.15. The fourth-order valence-corrected chi connectivity index (χ4v) is 1.99. The van der Waals surface area contributed by atoms with Crippen LogP contribution in [0.2, 0.25) is 5.15 Å². The first-order valence-electron chi connectivity index (χ1n) is 4.77. The van der Waals surface area contributed by atoms with E-state index in [0.29, 0.717) is 11.1 Å². The number of rotatable bonds is 1. The van der Waals surface area contributed by atoms with Crippen molar-refractivity contribution in [1.82, 2.24) is 14.6 Å². The van der Waals surface area contributed by atoms with Crippen LogP contribution >= 0.6 is 11.6 Å². The second-order valence-electron chi connectivity index (χ2n) is 3.79. The van der Waals surface area contributed by atoms with Gasteiger partial charge >= 0.3 is 0 Å². The minimum Gasteiger partial charge on any atom is -0.233 e. The molecule has 0 spiro atoms. The van der Waals surface area contributed by atoms with Crippen LogP contribution in [0.15, 0.2) is 12.3 Å². The highest BCUT2D eigenvalue weighted by Crippen LogP contribution is 2.41. The third kappa shape index (κ3) is 1.05. The molecule has 0 aliphatic heterocycles. The number of aromatic nitrogens is 3. The summed E-state index contributed by atoms with van der Waals surface area (Å²) in [5, 5.41) is 4.82. The van der Waals surface area contributed by atoms with Gasteiger partial charge in [-0.05, 0) is 19.8 Å². The number of hydrogen-bond donors (Lipinski definition) is 0. The molecular formula is C10H10ClN3. The molecule has 3 rings (SSSR count). The monoisotopic (exact) mass is 207 g/mol. The summed E-state index contributed by atoms with van der Waals surface area (Å²) in [6, 6.07) is 1.89. The Morgan fingerprint density at radius 1 is 1.50 bits per heavy atom. The maximum atomic E-state index is 6.20. The Labute approximate surface area is 86.7 Å². The highest BCUT2D eigenvalue weighted by atomic mass is 35.5. The minimum atomic E-state index is 0.632. The van der Waals surface area contributed by atoms with Gasteiger partial charge < -0.3 is 0 Å². The van der Waals surface area contributed by atoms with Crippen LogP contribution in [0.3, 0.4) is 0 Å². The Balaban J connectivity index is 2.34. The third-order valence-corrected chi connectivity index (χ3v) is 3.14. The Kier molecular flexibility index (Phi) is 1.59. The quantitative estimate of drug-likeness (QED) is 0.673. The molecule has 0 radical (unpaired) electrons. The molecule has 3 nitrogen and oxygen atoms in total. The van der Waals surface area contributed by atoms with Crippen molar-refractivity contribution in [1.29, 1.82) is 0 Å². The number of hydrogen-bond acceptors (Lipinski definition) is 2. The van der Waals surface area contributed by atoms with Crippen molar-refractivity contribution in [2.75, 3.05) is 0 Å². The molecule has 1 aliphatic rings. The Bertz CT molecular complexity index is 499. The van der Waals surface area contributed by atoms with Gasteiger partial charge in [0.1, 0.15) is 5.15 Å². The lowest BCUT2D eigenvalue weighted by molar-refractivity contribution is 0.891. The van der Waals surface area contributed by atoms with Crippen LogP contribution in [0.1, 0.15) is 30.0 Å². The van der Waals surface area contributed by atoms with E-state index in [-0.39, 0.29) is 0 Å². The summed E-state index contributed by atoms with van der Waals surface area (Å²) in [6.45, 7) is 2.02. The van der Waals surface area contributed by atoms with E-state index in [1.165, 1.54) is 12.8 Å². The van der Waals surface area contributed by atoms with Crippen molar-refractivity contribution in [3.05, 3.63) is 28.7 Å². The van der Waals surface area contributed by atoms with E-state index in [9.17, 15) is 0 Å². The smallest absolute Gasteiger partial charge is 0.156 e. The summed E-state index contributed by atoms with van der Waals surface area (Å²) in [7, 11) is 0. The van der Waals surface area contributed by atoms with Crippen LogP contribution < -0.4 is 0 Å². The van der Waals surface area contributed by atoms with E-state index in [2.05, 4.69) is 10.1 Å². The first-order chi connectivity index (χ1) is 6.77. The van der Waals surface area contributed by atoms with Gasteiger partial charge in [0.25, 0.3) is 0 Å². The first kappa shape index (κ1) is 8.24. The lowest BCUT2D eigenvalue weighted by Crippen LogP contribution is -2.00. The third-order valence-electron chi connectivity index (χ3n) is 2.70. The molecule has 0 amide bonds. The van der Waals surface area contributed by atoms with Crippen LogP contribution in [0.4, 0.5) is 0 Å². The van der Waals surface area contributed by atoms with E-state index in [1.807, 2.05) is 13.0 Å².